The molecule has 0 aliphatic carbocycles. The largest absolute Gasteiger partial charge is 0.466 e. The molecule has 2 amide bonds. The van der Waals surface area contributed by atoms with Crippen LogP contribution in [0.3, 0.4) is 0 Å². The molecule has 5 atom stereocenters. The van der Waals surface area contributed by atoms with E-state index in [1.54, 1.807) is 29.7 Å². The molecule has 3 rings (SSSR count). The van der Waals surface area contributed by atoms with Gasteiger partial charge in [-0.3, -0.25) is 14.4 Å². The monoisotopic (exact) mass is 480 g/mol. The first-order valence-electron chi connectivity index (χ1n) is 12.6. The molecule has 3 fully saturated rings. The van der Waals surface area contributed by atoms with Crippen LogP contribution in [0.1, 0.15) is 65.2 Å². The van der Waals surface area contributed by atoms with Crippen LogP contribution in [0.25, 0.3) is 0 Å². The summed E-state index contributed by atoms with van der Waals surface area (Å²) in [6, 6.07) is -0.555. The number of unbranched alkanes of at least 4 members (excludes halogenated alkanes) is 4. The van der Waals surface area contributed by atoms with Gasteiger partial charge in [-0.05, 0) is 45.4 Å². The zero-order valence-electron chi connectivity index (χ0n) is 20.2. The van der Waals surface area contributed by atoms with Crippen LogP contribution in [0.5, 0.6) is 0 Å². The molecule has 3 aliphatic rings. The number of aliphatic hydroxyl groups is 1. The topological polar surface area (TPSA) is 87.2 Å². The first-order chi connectivity index (χ1) is 16.0. The lowest BCUT2D eigenvalue weighted by Crippen LogP contribution is -2.55. The zero-order valence-corrected chi connectivity index (χ0v) is 21.0. The Balaban J connectivity index is 1.91. The minimum Gasteiger partial charge on any atom is -0.466 e. The lowest BCUT2D eigenvalue weighted by atomic mass is 9.71. The number of thioether (sulfide) groups is 1. The van der Waals surface area contributed by atoms with Crippen LogP contribution in [0.4, 0.5) is 0 Å². The van der Waals surface area contributed by atoms with Crippen molar-refractivity contribution < 1.29 is 24.2 Å². The van der Waals surface area contributed by atoms with E-state index >= 15 is 0 Å². The summed E-state index contributed by atoms with van der Waals surface area (Å²) in [7, 11) is 0. The van der Waals surface area contributed by atoms with Crippen molar-refractivity contribution in [1.29, 1.82) is 0 Å². The van der Waals surface area contributed by atoms with Crippen LogP contribution in [-0.2, 0) is 19.1 Å². The Kier molecular flexibility index (Phi) is 9.27. The number of fused-ring (bicyclic) bond motifs is 1. The minimum absolute atomic E-state index is 0.0123. The van der Waals surface area contributed by atoms with E-state index in [0.29, 0.717) is 32.7 Å². The van der Waals surface area contributed by atoms with Gasteiger partial charge in [0.05, 0.1) is 23.2 Å². The number of rotatable bonds is 14. The average Bonchev–Trinajstić information content (AvgIpc) is 3.43. The number of ether oxygens (including phenoxy) is 1. The second-order valence-electron chi connectivity index (χ2n) is 9.40. The van der Waals surface area contributed by atoms with Crippen LogP contribution in [0, 0.1) is 11.8 Å². The fraction of sp³-hybridized carbons (Fsp3) is 0.800. The van der Waals surface area contributed by atoms with Crippen molar-refractivity contribution in [3.63, 3.8) is 0 Å². The normalized spacial score (nSPS) is 29.9. The number of carbonyl (C=O) groups is 3. The van der Waals surface area contributed by atoms with Gasteiger partial charge in [0.15, 0.2) is 0 Å². The predicted molar refractivity (Wildman–Crippen MR) is 130 cm³/mol. The fourth-order valence-electron chi connectivity index (χ4n) is 5.92. The number of hydrogen-bond donors (Lipinski definition) is 1. The maximum absolute atomic E-state index is 14.0. The summed E-state index contributed by atoms with van der Waals surface area (Å²) >= 11 is 1.69. The van der Waals surface area contributed by atoms with Crippen molar-refractivity contribution in [2.24, 2.45) is 11.8 Å². The summed E-state index contributed by atoms with van der Waals surface area (Å²) in [5.74, 6) is -1.34. The van der Waals surface area contributed by atoms with E-state index < -0.39 is 22.6 Å². The summed E-state index contributed by atoms with van der Waals surface area (Å²) in [4.78, 5) is 44.3. The van der Waals surface area contributed by atoms with Gasteiger partial charge in [-0.2, -0.15) is 0 Å². The highest BCUT2D eigenvalue weighted by atomic mass is 32.2. The number of amides is 2. The Hall–Kier alpha value is -1.54. The quantitative estimate of drug-likeness (QED) is 0.234. The molecule has 8 heteroatoms. The lowest BCUT2D eigenvalue weighted by molar-refractivity contribution is -0.153. The van der Waals surface area contributed by atoms with Gasteiger partial charge >= 0.3 is 5.97 Å². The average molecular weight is 481 g/mol. The Morgan fingerprint density at radius 3 is 2.73 bits per heavy atom. The number of aliphatic hydroxyl groups excluding tert-OH is 1. The van der Waals surface area contributed by atoms with E-state index in [1.165, 1.54) is 0 Å². The number of nitrogens with zero attached hydrogens (tertiary/aromatic N) is 2. The molecular formula is C25H40N2O5S. The smallest absolute Gasteiger partial charge is 0.310 e. The maximum Gasteiger partial charge on any atom is 0.310 e. The van der Waals surface area contributed by atoms with E-state index in [2.05, 4.69) is 13.5 Å². The van der Waals surface area contributed by atoms with Gasteiger partial charge in [0, 0.05) is 31.5 Å². The Morgan fingerprint density at radius 2 is 2.06 bits per heavy atom. The SMILES string of the molecule is C=CCN(CCCCC)C(=O)C1N(CCCCCO)C(=O)[C@@H]2[C@@H](C(=O)OCC)[C@H]3CCC12S3. The van der Waals surface area contributed by atoms with Crippen LogP contribution < -0.4 is 0 Å². The van der Waals surface area contributed by atoms with Gasteiger partial charge in [0.2, 0.25) is 11.8 Å². The summed E-state index contributed by atoms with van der Waals surface area (Å²) in [6.07, 6.45) is 8.60. The van der Waals surface area contributed by atoms with E-state index in [9.17, 15) is 14.4 Å². The fourth-order valence-corrected chi connectivity index (χ4v) is 8.12. The molecule has 0 radical (unpaired) electrons. The highest BCUT2D eigenvalue weighted by molar-refractivity contribution is 8.02. The molecule has 0 aromatic heterocycles. The van der Waals surface area contributed by atoms with E-state index in [4.69, 9.17) is 9.84 Å². The van der Waals surface area contributed by atoms with Crippen LogP contribution in [0.2, 0.25) is 0 Å². The first-order valence-corrected chi connectivity index (χ1v) is 13.5. The number of likely N-dealkylation sites (tertiary alicyclic amines) is 1. The molecule has 1 N–H and O–H groups in total. The van der Waals surface area contributed by atoms with E-state index in [1.807, 2.05) is 4.90 Å². The lowest BCUT2D eigenvalue weighted by Gasteiger charge is -2.37. The number of esters is 1. The maximum atomic E-state index is 14.0. The Labute approximate surface area is 202 Å². The number of carbonyl (C=O) groups excluding carboxylic acids is 3. The van der Waals surface area contributed by atoms with E-state index in [-0.39, 0.29) is 29.6 Å². The molecule has 2 bridgehead atoms. The van der Waals surface area contributed by atoms with Crippen molar-refractivity contribution in [2.75, 3.05) is 32.8 Å². The summed E-state index contributed by atoms with van der Waals surface area (Å²) < 4.78 is 4.81. The second-order valence-corrected chi connectivity index (χ2v) is 11.0. The van der Waals surface area contributed by atoms with Gasteiger partial charge in [0.25, 0.3) is 0 Å². The third-order valence-corrected chi connectivity index (χ3v) is 9.29. The number of hydrogen-bond acceptors (Lipinski definition) is 6. The Morgan fingerprint density at radius 1 is 1.27 bits per heavy atom. The molecular weight excluding hydrogens is 440 g/mol. The van der Waals surface area contributed by atoms with Crippen molar-refractivity contribution >= 4 is 29.5 Å². The summed E-state index contributed by atoms with van der Waals surface area (Å²) in [6.45, 7) is 9.76. The molecule has 0 aromatic rings. The third-order valence-electron chi connectivity index (χ3n) is 7.34. The van der Waals surface area contributed by atoms with Crippen LogP contribution >= 0.6 is 11.8 Å². The Bertz CT molecular complexity index is 732. The molecule has 0 saturated carbocycles. The molecule has 0 aromatic carbocycles. The minimum atomic E-state index is -0.558. The first kappa shape index (κ1) is 26.1. The highest BCUT2D eigenvalue weighted by Gasteiger charge is 2.74. The summed E-state index contributed by atoms with van der Waals surface area (Å²) in [5, 5.41) is 9.18. The van der Waals surface area contributed by atoms with Gasteiger partial charge in [-0.1, -0.05) is 25.8 Å². The molecule has 33 heavy (non-hydrogen) atoms. The second kappa shape index (κ2) is 11.7. The van der Waals surface area contributed by atoms with E-state index in [0.717, 1.165) is 44.9 Å². The molecule has 7 nitrogen and oxygen atoms in total. The molecule has 3 aliphatic heterocycles. The van der Waals surface area contributed by atoms with Gasteiger partial charge in [0.1, 0.15) is 6.04 Å². The van der Waals surface area contributed by atoms with Crippen molar-refractivity contribution in [1.82, 2.24) is 9.80 Å². The molecule has 3 saturated heterocycles. The van der Waals surface area contributed by atoms with Crippen LogP contribution in [-0.4, -0.2) is 81.6 Å². The zero-order chi connectivity index (χ0) is 24.0. The summed E-state index contributed by atoms with van der Waals surface area (Å²) in [5.41, 5.74) is 0. The third kappa shape index (κ3) is 4.97. The van der Waals surface area contributed by atoms with Gasteiger partial charge < -0.3 is 19.6 Å². The predicted octanol–water partition coefficient (Wildman–Crippen LogP) is 3.01. The molecule has 3 heterocycles. The molecule has 186 valence electrons. The van der Waals surface area contributed by atoms with Crippen molar-refractivity contribution in [3.8, 4) is 0 Å². The van der Waals surface area contributed by atoms with Crippen LogP contribution in [0.15, 0.2) is 12.7 Å². The standard InChI is InChI=1S/C25H40N2O5S/c1-4-7-9-15-26(14-5-2)23(30)21-25-13-12-18(33-25)19(24(31)32-6-3)20(25)22(29)27(21)16-10-8-11-17-28/h5,18-21,28H,2,4,6-17H2,1,3H3/t18-,19+,20+,21?,25?/m1/s1. The van der Waals surface area contributed by atoms with Gasteiger partial charge in [-0.25, -0.2) is 0 Å². The molecule has 1 spiro atoms. The van der Waals surface area contributed by atoms with Crippen molar-refractivity contribution in [3.05, 3.63) is 12.7 Å². The van der Waals surface area contributed by atoms with Crippen molar-refractivity contribution in [2.45, 2.75) is 81.3 Å². The molecule has 2 unspecified atom stereocenters. The highest BCUT2D eigenvalue weighted by Crippen LogP contribution is 2.66. The van der Waals surface area contributed by atoms with Gasteiger partial charge in [-0.15, -0.1) is 18.3 Å².